The van der Waals surface area contributed by atoms with Gasteiger partial charge in [0.25, 0.3) is 0 Å². The van der Waals surface area contributed by atoms with Crippen LogP contribution in [0.3, 0.4) is 0 Å². The zero-order valence-electron chi connectivity index (χ0n) is 18.8. The molecule has 2 aliphatic rings. The summed E-state index contributed by atoms with van der Waals surface area (Å²) in [5.41, 5.74) is 3.36. The van der Waals surface area contributed by atoms with Crippen LogP contribution in [-0.4, -0.2) is 39.6 Å². The quantitative estimate of drug-likeness (QED) is 0.548. The molecule has 0 spiro atoms. The van der Waals surface area contributed by atoms with Gasteiger partial charge in [-0.25, -0.2) is 4.79 Å². The fraction of sp³-hybridized carbons (Fsp3) is 0.296. The van der Waals surface area contributed by atoms with Gasteiger partial charge in [-0.1, -0.05) is 78.0 Å². The number of hydrogen-bond acceptors (Lipinski definition) is 4. The van der Waals surface area contributed by atoms with Gasteiger partial charge in [0.05, 0.1) is 12.2 Å². The van der Waals surface area contributed by atoms with Crippen LogP contribution >= 0.6 is 0 Å². The van der Waals surface area contributed by atoms with Crippen molar-refractivity contribution >= 4 is 11.6 Å². The molecule has 0 saturated carbocycles. The van der Waals surface area contributed by atoms with Crippen molar-refractivity contribution in [3.63, 3.8) is 0 Å². The van der Waals surface area contributed by atoms with E-state index in [1.165, 1.54) is 4.68 Å². The number of rotatable bonds is 4. The first kappa shape index (κ1) is 21.3. The van der Waals surface area contributed by atoms with Crippen LogP contribution in [0.1, 0.15) is 48.5 Å². The van der Waals surface area contributed by atoms with Crippen molar-refractivity contribution in [1.82, 2.24) is 19.9 Å². The van der Waals surface area contributed by atoms with Crippen LogP contribution in [0.4, 0.5) is 4.79 Å². The van der Waals surface area contributed by atoms with Crippen molar-refractivity contribution in [2.75, 3.05) is 13.7 Å². The van der Waals surface area contributed by atoms with Crippen molar-refractivity contribution < 1.29 is 9.53 Å². The lowest BCUT2D eigenvalue weighted by Crippen LogP contribution is -2.41. The highest BCUT2D eigenvalue weighted by Gasteiger charge is 2.35. The van der Waals surface area contributed by atoms with Gasteiger partial charge in [0.1, 0.15) is 11.3 Å². The van der Waals surface area contributed by atoms with E-state index in [4.69, 9.17) is 4.74 Å². The Balaban J connectivity index is 1.37. The molecule has 1 aliphatic carbocycles. The van der Waals surface area contributed by atoms with Gasteiger partial charge in [-0.05, 0) is 42.0 Å². The van der Waals surface area contributed by atoms with Crippen molar-refractivity contribution in [2.45, 2.75) is 37.3 Å². The number of piperidine rings is 1. The number of nitrogens with zero attached hydrogens (tertiary/aromatic N) is 4. The second-order valence-corrected chi connectivity index (χ2v) is 8.60. The molecule has 6 nitrogen and oxygen atoms in total. The number of aromatic nitrogens is 3. The van der Waals surface area contributed by atoms with E-state index in [-0.39, 0.29) is 12.1 Å². The number of likely N-dealkylation sites (tertiary alicyclic amines) is 1. The van der Waals surface area contributed by atoms with Gasteiger partial charge in [0.2, 0.25) is 0 Å². The molecule has 0 bridgehead atoms. The third kappa shape index (κ3) is 4.14. The third-order valence-electron chi connectivity index (χ3n) is 6.68. The minimum absolute atomic E-state index is 0.0578. The SMILES string of the molecule is COC1(c2cn(C(=O)N3CCCCC3c3ccccc3)nn2)C=CC(c2ccccc2)=CC1. The van der Waals surface area contributed by atoms with Crippen LogP contribution in [0.25, 0.3) is 5.57 Å². The summed E-state index contributed by atoms with van der Waals surface area (Å²) in [5.74, 6) is 0. The molecule has 1 aliphatic heterocycles. The van der Waals surface area contributed by atoms with Crippen LogP contribution in [0.15, 0.2) is 85.1 Å². The Kier molecular flexibility index (Phi) is 5.92. The van der Waals surface area contributed by atoms with E-state index >= 15 is 0 Å². The summed E-state index contributed by atoms with van der Waals surface area (Å²) in [4.78, 5) is 15.3. The highest BCUT2D eigenvalue weighted by molar-refractivity contribution is 5.77. The topological polar surface area (TPSA) is 60.2 Å². The monoisotopic (exact) mass is 440 g/mol. The largest absolute Gasteiger partial charge is 0.367 e. The van der Waals surface area contributed by atoms with Gasteiger partial charge in [0, 0.05) is 20.1 Å². The average molecular weight is 441 g/mol. The molecule has 0 radical (unpaired) electrons. The number of ether oxygens (including phenoxy) is 1. The molecule has 1 aromatic heterocycles. The third-order valence-corrected chi connectivity index (χ3v) is 6.68. The highest BCUT2D eigenvalue weighted by atomic mass is 16.5. The predicted octanol–water partition coefficient (Wildman–Crippen LogP) is 5.36. The summed E-state index contributed by atoms with van der Waals surface area (Å²) in [6.07, 6.45) is 11.6. The molecule has 5 rings (SSSR count). The molecule has 1 amide bonds. The first-order valence-electron chi connectivity index (χ1n) is 11.5. The second-order valence-electron chi connectivity index (χ2n) is 8.60. The molecule has 2 heterocycles. The Morgan fingerprint density at radius 1 is 1.06 bits per heavy atom. The lowest BCUT2D eigenvalue weighted by molar-refractivity contribution is 0.0272. The molecule has 33 heavy (non-hydrogen) atoms. The Morgan fingerprint density at radius 3 is 2.52 bits per heavy atom. The lowest BCUT2D eigenvalue weighted by atomic mass is 9.87. The highest BCUT2D eigenvalue weighted by Crippen LogP contribution is 2.36. The standard InChI is InChI=1S/C27H28N4O2/c1-33-27(17-15-22(16-18-27)21-10-4-2-5-11-21)25-20-31(29-28-25)26(32)30-19-9-8-14-24(30)23-12-6-3-7-13-23/h2-7,10-13,15-17,20,24H,8-9,14,18-19H2,1H3. The zero-order valence-corrected chi connectivity index (χ0v) is 18.8. The van der Waals surface area contributed by atoms with Gasteiger partial charge in [0.15, 0.2) is 0 Å². The maximum atomic E-state index is 13.4. The van der Waals surface area contributed by atoms with Crippen LogP contribution in [0.5, 0.6) is 0 Å². The van der Waals surface area contributed by atoms with Crippen molar-refractivity contribution in [3.8, 4) is 0 Å². The minimum atomic E-state index is -0.739. The van der Waals surface area contributed by atoms with Gasteiger partial charge in [-0.3, -0.25) is 0 Å². The van der Waals surface area contributed by atoms with E-state index in [0.717, 1.165) is 36.0 Å². The number of benzene rings is 2. The molecular weight excluding hydrogens is 412 g/mol. The Labute approximate surface area is 194 Å². The minimum Gasteiger partial charge on any atom is -0.367 e. The van der Waals surface area contributed by atoms with Crippen molar-refractivity contribution in [1.29, 1.82) is 0 Å². The molecule has 2 atom stereocenters. The zero-order chi connectivity index (χ0) is 22.7. The first-order chi connectivity index (χ1) is 16.2. The molecule has 1 fully saturated rings. The lowest BCUT2D eigenvalue weighted by Gasteiger charge is -2.35. The first-order valence-corrected chi connectivity index (χ1v) is 11.5. The van der Waals surface area contributed by atoms with E-state index in [9.17, 15) is 4.79 Å². The molecule has 1 saturated heterocycles. The molecule has 2 aromatic carbocycles. The van der Waals surface area contributed by atoms with Crippen LogP contribution < -0.4 is 0 Å². The van der Waals surface area contributed by atoms with Gasteiger partial charge in [-0.15, -0.1) is 5.10 Å². The number of carbonyl (C=O) groups is 1. The number of hydrogen-bond donors (Lipinski definition) is 0. The van der Waals surface area contributed by atoms with Crippen molar-refractivity contribution in [2.24, 2.45) is 0 Å². The normalized spacial score (nSPS) is 22.8. The molecule has 0 N–H and O–H groups in total. The summed E-state index contributed by atoms with van der Waals surface area (Å²) in [6, 6.07) is 20.4. The summed E-state index contributed by atoms with van der Waals surface area (Å²) in [6.45, 7) is 0.714. The number of methoxy groups -OCH3 is 1. The van der Waals surface area contributed by atoms with Gasteiger partial charge in [-0.2, -0.15) is 4.68 Å². The summed E-state index contributed by atoms with van der Waals surface area (Å²) < 4.78 is 7.27. The maximum absolute atomic E-state index is 13.4. The fourth-order valence-electron chi connectivity index (χ4n) is 4.78. The summed E-state index contributed by atoms with van der Waals surface area (Å²) in [5, 5.41) is 8.56. The molecular formula is C27H28N4O2. The second kappa shape index (κ2) is 9.16. The molecule has 168 valence electrons. The van der Waals surface area contributed by atoms with E-state index in [1.807, 2.05) is 47.4 Å². The Hall–Kier alpha value is -3.51. The predicted molar refractivity (Wildman–Crippen MR) is 127 cm³/mol. The summed E-state index contributed by atoms with van der Waals surface area (Å²) >= 11 is 0. The summed E-state index contributed by atoms with van der Waals surface area (Å²) in [7, 11) is 1.67. The van der Waals surface area contributed by atoms with E-state index in [0.29, 0.717) is 18.7 Å². The molecule has 2 unspecified atom stereocenters. The van der Waals surface area contributed by atoms with Crippen LogP contribution in [0.2, 0.25) is 0 Å². The number of amides is 1. The smallest absolute Gasteiger partial charge is 0.346 e. The average Bonchev–Trinajstić information content (AvgIpc) is 3.40. The number of allylic oxidation sites excluding steroid dienone is 2. The Bertz CT molecular complexity index is 1170. The Morgan fingerprint density at radius 2 is 1.82 bits per heavy atom. The van der Waals surface area contributed by atoms with E-state index < -0.39 is 5.60 Å². The van der Waals surface area contributed by atoms with E-state index in [1.54, 1.807) is 13.3 Å². The van der Waals surface area contributed by atoms with Gasteiger partial charge < -0.3 is 9.64 Å². The maximum Gasteiger partial charge on any atom is 0.346 e. The van der Waals surface area contributed by atoms with Crippen LogP contribution in [-0.2, 0) is 10.3 Å². The number of carbonyl (C=O) groups excluding carboxylic acids is 1. The molecule has 6 heteroatoms. The van der Waals surface area contributed by atoms with Gasteiger partial charge >= 0.3 is 6.03 Å². The van der Waals surface area contributed by atoms with E-state index in [2.05, 4.69) is 46.7 Å². The van der Waals surface area contributed by atoms with Crippen LogP contribution in [0, 0.1) is 0 Å². The van der Waals surface area contributed by atoms with Crippen molar-refractivity contribution in [3.05, 3.63) is 102 Å². The fourth-order valence-corrected chi connectivity index (χ4v) is 4.78. The molecule has 3 aromatic rings.